The first-order chi connectivity index (χ1) is 13.9. The van der Waals surface area contributed by atoms with Crippen LogP contribution in [0, 0.1) is 0 Å². The van der Waals surface area contributed by atoms with E-state index in [0.29, 0.717) is 29.1 Å². The highest BCUT2D eigenvalue weighted by atomic mass is 16.5. The van der Waals surface area contributed by atoms with Crippen molar-refractivity contribution in [2.24, 2.45) is 0 Å². The van der Waals surface area contributed by atoms with Gasteiger partial charge in [0.15, 0.2) is 0 Å². The number of pyridine rings is 1. The largest absolute Gasteiger partial charge is 0.478 e. The SMILES string of the molecule is CC(=O)Oc1cccc(/C=C2\CCCc3c2nc2ccc(C(=O)O)cn2c3=O)c1. The minimum atomic E-state index is -1.09. The van der Waals surface area contributed by atoms with Crippen LogP contribution >= 0.6 is 0 Å². The number of rotatable bonds is 3. The number of esters is 1. The molecule has 1 aliphatic carbocycles. The second-order valence-corrected chi connectivity index (χ2v) is 6.88. The normalized spacial score (nSPS) is 14.6. The number of carbonyl (C=O) groups excluding carboxylic acids is 1. The van der Waals surface area contributed by atoms with E-state index in [1.54, 1.807) is 24.3 Å². The van der Waals surface area contributed by atoms with Crippen molar-refractivity contribution in [3.8, 4) is 5.75 Å². The number of allylic oxidation sites excluding steroid dienone is 1. The van der Waals surface area contributed by atoms with Crippen LogP contribution < -0.4 is 10.3 Å². The van der Waals surface area contributed by atoms with E-state index in [-0.39, 0.29) is 17.1 Å². The highest BCUT2D eigenvalue weighted by Crippen LogP contribution is 2.30. The number of carbonyl (C=O) groups is 2. The molecule has 2 aromatic heterocycles. The standard InChI is InChI=1S/C22H18N2O5/c1-13(25)29-17-6-2-4-14(11-17)10-15-5-3-7-18-20(15)23-19-9-8-16(22(27)28)12-24(19)21(18)26/h2,4,6,8-12H,3,5,7H2,1H3,(H,27,28)/b15-10+. The molecule has 1 N–H and O–H groups in total. The van der Waals surface area contributed by atoms with Gasteiger partial charge in [0, 0.05) is 18.7 Å². The fraction of sp³-hybridized carbons (Fsp3) is 0.182. The number of hydrogen-bond donors (Lipinski definition) is 1. The van der Waals surface area contributed by atoms with Crippen LogP contribution in [0.4, 0.5) is 0 Å². The molecule has 1 aromatic carbocycles. The number of benzene rings is 1. The summed E-state index contributed by atoms with van der Waals surface area (Å²) in [6, 6.07) is 10.1. The van der Waals surface area contributed by atoms with Crippen molar-refractivity contribution < 1.29 is 19.4 Å². The Morgan fingerprint density at radius 2 is 2.03 bits per heavy atom. The molecule has 0 saturated heterocycles. The Bertz CT molecular complexity index is 1240. The van der Waals surface area contributed by atoms with Crippen molar-refractivity contribution in [1.82, 2.24) is 9.38 Å². The van der Waals surface area contributed by atoms with Gasteiger partial charge in [0.25, 0.3) is 5.56 Å². The first kappa shape index (κ1) is 18.6. The second-order valence-electron chi connectivity index (χ2n) is 6.88. The number of carboxylic acids is 1. The molecule has 0 amide bonds. The van der Waals surface area contributed by atoms with Crippen molar-refractivity contribution in [3.63, 3.8) is 0 Å². The fourth-order valence-corrected chi connectivity index (χ4v) is 3.54. The minimum Gasteiger partial charge on any atom is -0.478 e. The molecule has 0 saturated carbocycles. The quantitative estimate of drug-likeness (QED) is 0.545. The van der Waals surface area contributed by atoms with Crippen molar-refractivity contribution in [3.05, 3.63) is 75.3 Å². The summed E-state index contributed by atoms with van der Waals surface area (Å²) in [7, 11) is 0. The summed E-state index contributed by atoms with van der Waals surface area (Å²) in [6.45, 7) is 1.35. The number of ether oxygens (including phenoxy) is 1. The Morgan fingerprint density at radius 3 is 2.79 bits per heavy atom. The van der Waals surface area contributed by atoms with Crippen LogP contribution in [0.2, 0.25) is 0 Å². The number of hydrogen-bond acceptors (Lipinski definition) is 5. The van der Waals surface area contributed by atoms with Crippen molar-refractivity contribution in [2.45, 2.75) is 26.2 Å². The third-order valence-corrected chi connectivity index (χ3v) is 4.80. The van der Waals surface area contributed by atoms with E-state index in [1.807, 2.05) is 12.1 Å². The smallest absolute Gasteiger partial charge is 0.337 e. The predicted molar refractivity (Wildman–Crippen MR) is 107 cm³/mol. The first-order valence-electron chi connectivity index (χ1n) is 9.20. The van der Waals surface area contributed by atoms with Crippen LogP contribution in [0.25, 0.3) is 17.3 Å². The molecule has 0 unspecified atom stereocenters. The molecule has 146 valence electrons. The Hall–Kier alpha value is -3.74. The van der Waals surface area contributed by atoms with Crippen LogP contribution in [-0.2, 0) is 11.2 Å². The lowest BCUT2D eigenvalue weighted by Crippen LogP contribution is -2.25. The van der Waals surface area contributed by atoms with Gasteiger partial charge in [-0.1, -0.05) is 12.1 Å². The third-order valence-electron chi connectivity index (χ3n) is 4.80. The molecular formula is C22H18N2O5. The van der Waals surface area contributed by atoms with Gasteiger partial charge in [-0.05, 0) is 60.7 Å². The fourth-order valence-electron chi connectivity index (χ4n) is 3.54. The van der Waals surface area contributed by atoms with Crippen LogP contribution in [0.3, 0.4) is 0 Å². The molecule has 2 heterocycles. The molecule has 4 rings (SSSR count). The van der Waals surface area contributed by atoms with E-state index in [1.165, 1.54) is 23.6 Å². The topological polar surface area (TPSA) is 98.0 Å². The maximum absolute atomic E-state index is 13.0. The van der Waals surface area contributed by atoms with Gasteiger partial charge in [0.1, 0.15) is 11.4 Å². The van der Waals surface area contributed by atoms with E-state index >= 15 is 0 Å². The molecule has 0 fully saturated rings. The summed E-state index contributed by atoms with van der Waals surface area (Å²) < 4.78 is 6.43. The summed E-state index contributed by atoms with van der Waals surface area (Å²) in [5.74, 6) is -1.03. The molecule has 0 radical (unpaired) electrons. The van der Waals surface area contributed by atoms with Crippen LogP contribution in [0.1, 0.15) is 46.9 Å². The van der Waals surface area contributed by atoms with Crippen molar-refractivity contribution in [2.75, 3.05) is 0 Å². The van der Waals surface area contributed by atoms with Gasteiger partial charge in [0.2, 0.25) is 0 Å². The molecule has 7 heteroatoms. The first-order valence-corrected chi connectivity index (χ1v) is 9.20. The highest BCUT2D eigenvalue weighted by Gasteiger charge is 2.21. The molecule has 0 aliphatic heterocycles. The minimum absolute atomic E-state index is 0.0372. The van der Waals surface area contributed by atoms with Gasteiger partial charge in [-0.15, -0.1) is 0 Å². The Balaban J connectivity index is 1.82. The average Bonchev–Trinajstić information content (AvgIpc) is 2.68. The maximum atomic E-state index is 13.0. The second kappa shape index (κ2) is 7.35. The van der Waals surface area contributed by atoms with Crippen molar-refractivity contribution >= 4 is 29.2 Å². The zero-order valence-corrected chi connectivity index (χ0v) is 15.7. The van der Waals surface area contributed by atoms with Crippen molar-refractivity contribution in [1.29, 1.82) is 0 Å². The lowest BCUT2D eigenvalue weighted by molar-refractivity contribution is -0.131. The number of fused-ring (bicyclic) bond motifs is 2. The van der Waals surface area contributed by atoms with Gasteiger partial charge < -0.3 is 9.84 Å². The number of nitrogens with zero attached hydrogens (tertiary/aromatic N) is 2. The zero-order chi connectivity index (χ0) is 20.5. The lowest BCUT2D eigenvalue weighted by Gasteiger charge is -2.18. The molecule has 3 aromatic rings. The van der Waals surface area contributed by atoms with Crippen LogP contribution in [0.15, 0.2) is 47.4 Å². The molecule has 29 heavy (non-hydrogen) atoms. The Labute approximate surface area is 165 Å². The Kier molecular flexibility index (Phi) is 4.72. The van der Waals surface area contributed by atoms with Crippen LogP contribution in [-0.4, -0.2) is 26.4 Å². The predicted octanol–water partition coefficient (Wildman–Crippen LogP) is 3.19. The number of aromatic carboxylic acids is 1. The summed E-state index contributed by atoms with van der Waals surface area (Å²) >= 11 is 0. The van der Waals surface area contributed by atoms with E-state index in [4.69, 9.17) is 4.74 Å². The molecular weight excluding hydrogens is 372 g/mol. The van der Waals surface area contributed by atoms with E-state index < -0.39 is 5.97 Å². The maximum Gasteiger partial charge on any atom is 0.337 e. The summed E-state index contributed by atoms with van der Waals surface area (Å²) in [5.41, 5.74) is 3.19. The summed E-state index contributed by atoms with van der Waals surface area (Å²) in [5, 5.41) is 9.18. The number of aromatic nitrogens is 2. The molecule has 0 bridgehead atoms. The third kappa shape index (κ3) is 3.67. The summed E-state index contributed by atoms with van der Waals surface area (Å²) in [4.78, 5) is 40.0. The molecule has 0 spiro atoms. The lowest BCUT2D eigenvalue weighted by atomic mass is 9.90. The van der Waals surface area contributed by atoms with E-state index in [0.717, 1.165) is 24.0 Å². The number of carboxylic acid groups (broad SMARTS) is 1. The average molecular weight is 390 g/mol. The Morgan fingerprint density at radius 1 is 1.21 bits per heavy atom. The monoisotopic (exact) mass is 390 g/mol. The van der Waals surface area contributed by atoms with Gasteiger partial charge in [-0.2, -0.15) is 0 Å². The van der Waals surface area contributed by atoms with E-state index in [2.05, 4.69) is 4.98 Å². The van der Waals surface area contributed by atoms with Gasteiger partial charge in [-0.3, -0.25) is 14.0 Å². The van der Waals surface area contributed by atoms with Gasteiger partial charge in [0.05, 0.1) is 11.3 Å². The van der Waals surface area contributed by atoms with Gasteiger partial charge >= 0.3 is 11.9 Å². The highest BCUT2D eigenvalue weighted by molar-refractivity contribution is 5.88. The molecule has 0 atom stereocenters. The molecule has 1 aliphatic rings. The van der Waals surface area contributed by atoms with E-state index in [9.17, 15) is 19.5 Å². The molecule has 7 nitrogen and oxygen atoms in total. The van der Waals surface area contributed by atoms with Crippen LogP contribution in [0.5, 0.6) is 5.75 Å². The zero-order valence-electron chi connectivity index (χ0n) is 15.7. The van der Waals surface area contributed by atoms with Gasteiger partial charge in [-0.25, -0.2) is 9.78 Å². The summed E-state index contributed by atoms with van der Waals surface area (Å²) in [6.07, 6.45) is 5.41.